The van der Waals surface area contributed by atoms with Crippen LogP contribution in [0, 0.1) is 0 Å². The molecule has 0 bridgehead atoms. The van der Waals surface area contributed by atoms with Crippen molar-refractivity contribution < 1.29 is 13.2 Å². The van der Waals surface area contributed by atoms with Gasteiger partial charge in [0.25, 0.3) is 0 Å². The maximum absolute atomic E-state index is 11.6. The van der Waals surface area contributed by atoms with E-state index in [-0.39, 0.29) is 0 Å². The summed E-state index contributed by atoms with van der Waals surface area (Å²) in [6.45, 7) is 5.66. The minimum atomic E-state index is -3.32. The van der Waals surface area contributed by atoms with Gasteiger partial charge in [-0.3, -0.25) is 9.62 Å². The van der Waals surface area contributed by atoms with Crippen LogP contribution in [0.2, 0.25) is 0 Å². The molecule has 0 atom stereocenters. The van der Waals surface area contributed by atoms with Gasteiger partial charge in [0.15, 0.2) is 0 Å². The first kappa shape index (κ1) is 14.2. The number of sulfonamides is 1. The lowest BCUT2D eigenvalue weighted by Gasteiger charge is -2.26. The van der Waals surface area contributed by atoms with Gasteiger partial charge >= 0.3 is 0 Å². The smallest absolute Gasteiger partial charge is 0.237 e. The summed E-state index contributed by atoms with van der Waals surface area (Å²) in [5, 5.41) is 2.45. The van der Waals surface area contributed by atoms with Crippen LogP contribution >= 0.6 is 0 Å². The van der Waals surface area contributed by atoms with Crippen LogP contribution in [0.15, 0.2) is 4.99 Å². The minimum Gasteiger partial charge on any atom is -0.383 e. The average molecular weight is 264 g/mol. The minimum absolute atomic E-state index is 0.312. The molecule has 0 fully saturated rings. The highest BCUT2D eigenvalue weighted by molar-refractivity contribution is 7.90. The van der Waals surface area contributed by atoms with Crippen molar-refractivity contribution in [2.45, 2.75) is 19.1 Å². The molecule has 0 aromatic carbocycles. The quantitative estimate of drug-likeness (QED) is 0.675. The van der Waals surface area contributed by atoms with E-state index < -0.39 is 15.3 Å². The summed E-state index contributed by atoms with van der Waals surface area (Å²) in [6, 6.07) is 0. The number of hydrogen-bond acceptors (Lipinski definition) is 6. The summed E-state index contributed by atoms with van der Waals surface area (Å²) in [6.07, 6.45) is 0. The van der Waals surface area contributed by atoms with Crippen molar-refractivity contribution in [3.05, 3.63) is 0 Å². The van der Waals surface area contributed by atoms with E-state index in [4.69, 9.17) is 4.74 Å². The molecule has 0 aromatic heterocycles. The predicted molar refractivity (Wildman–Crippen MR) is 66.1 cm³/mol. The summed E-state index contributed by atoms with van der Waals surface area (Å²) in [4.78, 5) is 6.13. The first-order valence-electron chi connectivity index (χ1n) is 5.47. The zero-order valence-electron chi connectivity index (χ0n) is 10.4. The molecular formula is C9H20N4O3S. The highest BCUT2D eigenvalue weighted by Crippen LogP contribution is 1.98. The Balaban J connectivity index is 2.47. The van der Waals surface area contributed by atoms with Gasteiger partial charge in [0.1, 0.15) is 0 Å². The third kappa shape index (κ3) is 4.49. The molecule has 7 nitrogen and oxygen atoms in total. The summed E-state index contributed by atoms with van der Waals surface area (Å²) in [7, 11) is -1.68. The van der Waals surface area contributed by atoms with Crippen molar-refractivity contribution in [2.75, 3.05) is 33.6 Å². The Morgan fingerprint density at radius 1 is 1.59 bits per heavy atom. The molecule has 0 aromatic rings. The molecule has 8 heteroatoms. The van der Waals surface area contributed by atoms with Gasteiger partial charge in [-0.2, -0.15) is 0 Å². The zero-order valence-corrected chi connectivity index (χ0v) is 11.2. The highest BCUT2D eigenvalue weighted by atomic mass is 32.2. The van der Waals surface area contributed by atoms with E-state index in [9.17, 15) is 8.42 Å². The first-order chi connectivity index (χ1) is 7.95. The van der Waals surface area contributed by atoms with Gasteiger partial charge in [-0.1, -0.05) is 0 Å². The van der Waals surface area contributed by atoms with Gasteiger partial charge in [-0.05, 0) is 13.8 Å². The molecule has 100 valence electrons. The lowest BCUT2D eigenvalue weighted by Crippen LogP contribution is -2.51. The normalized spacial score (nSPS) is 17.8. The van der Waals surface area contributed by atoms with E-state index in [1.165, 1.54) is 0 Å². The molecule has 1 heterocycles. The van der Waals surface area contributed by atoms with Crippen molar-refractivity contribution in [3.8, 4) is 0 Å². The number of nitrogens with zero attached hydrogens (tertiary/aromatic N) is 2. The molecule has 17 heavy (non-hydrogen) atoms. The van der Waals surface area contributed by atoms with Crippen molar-refractivity contribution in [1.82, 2.24) is 14.9 Å². The second-order valence-corrected chi connectivity index (χ2v) is 6.30. The summed E-state index contributed by atoms with van der Waals surface area (Å²) in [5.41, 5.74) is 0. The topological polar surface area (TPSA) is 83.0 Å². The highest BCUT2D eigenvalue weighted by Gasteiger charge is 2.20. The third-order valence-electron chi connectivity index (χ3n) is 2.37. The Hall–Kier alpha value is -0.860. The number of guanidine groups is 1. The van der Waals surface area contributed by atoms with Crippen LogP contribution in [-0.2, 0) is 14.8 Å². The molecule has 0 radical (unpaired) electrons. The number of aliphatic imine (C=N–C) groups is 1. The Morgan fingerprint density at radius 2 is 2.29 bits per heavy atom. The van der Waals surface area contributed by atoms with Gasteiger partial charge < -0.3 is 10.1 Å². The Morgan fingerprint density at radius 3 is 2.76 bits per heavy atom. The van der Waals surface area contributed by atoms with Gasteiger partial charge in [-0.15, -0.1) is 0 Å². The molecule has 0 unspecified atom stereocenters. The Bertz CT molecular complexity index is 366. The van der Waals surface area contributed by atoms with Crippen LogP contribution in [0.4, 0.5) is 0 Å². The largest absolute Gasteiger partial charge is 0.383 e. The molecule has 0 saturated heterocycles. The maximum Gasteiger partial charge on any atom is 0.237 e. The summed E-state index contributed by atoms with van der Waals surface area (Å²) >= 11 is 0. The molecule has 1 rings (SSSR count). The first-order valence-corrected chi connectivity index (χ1v) is 7.01. The van der Waals surface area contributed by atoms with Crippen LogP contribution in [-0.4, -0.2) is 58.1 Å². The Kier molecular flexibility index (Phi) is 5.16. The molecule has 0 spiro atoms. The number of methoxy groups -OCH3 is 1. The lowest BCUT2D eigenvalue weighted by molar-refractivity contribution is 0.144. The van der Waals surface area contributed by atoms with E-state index in [1.807, 2.05) is 4.90 Å². The van der Waals surface area contributed by atoms with Gasteiger partial charge in [-0.25, -0.2) is 13.4 Å². The van der Waals surface area contributed by atoms with Gasteiger partial charge in [0.05, 0.1) is 25.2 Å². The molecule has 0 aliphatic carbocycles. The van der Waals surface area contributed by atoms with Crippen molar-refractivity contribution in [2.24, 2.45) is 4.99 Å². The summed E-state index contributed by atoms with van der Waals surface area (Å²) < 4.78 is 30.6. The van der Waals surface area contributed by atoms with Crippen molar-refractivity contribution >= 4 is 16.0 Å². The van der Waals surface area contributed by atoms with E-state index >= 15 is 0 Å². The number of rotatable bonds is 5. The fourth-order valence-electron chi connectivity index (χ4n) is 1.15. The number of nitrogens with one attached hydrogen (secondary N) is 2. The van der Waals surface area contributed by atoms with Crippen LogP contribution in [0.1, 0.15) is 13.8 Å². The SMILES string of the molecule is COCCN1CN=C(NS(=O)(=O)C(C)C)NC1. The van der Waals surface area contributed by atoms with Crippen LogP contribution in [0.25, 0.3) is 0 Å². The van der Waals surface area contributed by atoms with E-state index in [1.54, 1.807) is 21.0 Å². The lowest BCUT2D eigenvalue weighted by atomic mass is 10.5. The molecular weight excluding hydrogens is 244 g/mol. The monoisotopic (exact) mass is 264 g/mol. The third-order valence-corrected chi connectivity index (χ3v) is 4.09. The molecule has 0 saturated carbocycles. The fraction of sp³-hybridized carbons (Fsp3) is 0.889. The van der Waals surface area contributed by atoms with E-state index in [2.05, 4.69) is 15.0 Å². The summed E-state index contributed by atoms with van der Waals surface area (Å²) in [5.74, 6) is 0.312. The standard InChI is InChI=1S/C9H20N4O3S/c1-8(2)17(14,15)12-9-10-6-13(7-11-9)4-5-16-3/h8H,4-7H2,1-3H3,(H2,10,11,12). The van der Waals surface area contributed by atoms with E-state index in [0.29, 0.717) is 25.9 Å². The number of hydrogen-bond donors (Lipinski definition) is 2. The van der Waals surface area contributed by atoms with Crippen LogP contribution < -0.4 is 10.0 Å². The molecule has 2 N–H and O–H groups in total. The zero-order chi connectivity index (χ0) is 12.9. The fourth-order valence-corrected chi connectivity index (χ4v) is 1.80. The number of ether oxygens (including phenoxy) is 1. The van der Waals surface area contributed by atoms with Crippen LogP contribution in [0.5, 0.6) is 0 Å². The molecule has 0 amide bonds. The van der Waals surface area contributed by atoms with Crippen molar-refractivity contribution in [1.29, 1.82) is 0 Å². The molecule has 1 aliphatic heterocycles. The van der Waals surface area contributed by atoms with Gasteiger partial charge in [0, 0.05) is 13.7 Å². The second-order valence-electron chi connectivity index (χ2n) is 4.07. The van der Waals surface area contributed by atoms with E-state index in [0.717, 1.165) is 6.54 Å². The molecule has 1 aliphatic rings. The average Bonchev–Trinajstić information content (AvgIpc) is 2.27. The Labute approximate surface area is 102 Å². The van der Waals surface area contributed by atoms with Crippen molar-refractivity contribution in [3.63, 3.8) is 0 Å². The predicted octanol–water partition coefficient (Wildman–Crippen LogP) is -0.863. The van der Waals surface area contributed by atoms with Crippen LogP contribution in [0.3, 0.4) is 0 Å². The van der Waals surface area contributed by atoms with Gasteiger partial charge in [0.2, 0.25) is 16.0 Å². The second kappa shape index (κ2) is 6.18. The maximum atomic E-state index is 11.6.